The predicted molar refractivity (Wildman–Crippen MR) is 52.7 cm³/mol. The van der Waals surface area contributed by atoms with E-state index in [4.69, 9.17) is 9.47 Å². The summed E-state index contributed by atoms with van der Waals surface area (Å²) in [6, 6.07) is 4.05. The summed E-state index contributed by atoms with van der Waals surface area (Å²) in [5.74, 6) is 1.76. The Labute approximate surface area is 84.3 Å². The second-order valence-corrected chi connectivity index (χ2v) is 3.49. The van der Waals surface area contributed by atoms with Gasteiger partial charge < -0.3 is 9.47 Å². The van der Waals surface area contributed by atoms with Gasteiger partial charge in [-0.25, -0.2) is 0 Å². The van der Waals surface area contributed by atoms with Gasteiger partial charge in [0.2, 0.25) is 5.75 Å². The van der Waals surface area contributed by atoms with Crippen LogP contribution in [0, 0.1) is 6.92 Å². The highest BCUT2D eigenvalue weighted by Gasteiger charge is 2.24. The molecule has 0 aliphatic carbocycles. The highest BCUT2D eigenvalue weighted by molar-refractivity contribution is 5.30. The summed E-state index contributed by atoms with van der Waals surface area (Å²) in [6.07, 6.45) is 1.10. The number of pyridine rings is 1. The van der Waals surface area contributed by atoms with Crippen molar-refractivity contribution in [1.82, 2.24) is 0 Å². The van der Waals surface area contributed by atoms with Gasteiger partial charge in [-0.2, -0.15) is 4.57 Å². The number of aryl methyl sites for hydroxylation is 1. The van der Waals surface area contributed by atoms with Gasteiger partial charge in [-0.1, -0.05) is 6.92 Å². The summed E-state index contributed by atoms with van der Waals surface area (Å²) < 4.78 is 13.3. The van der Waals surface area contributed by atoms with E-state index in [9.17, 15) is 0 Å². The Bertz CT molecular complexity index is 336. The Kier molecular flexibility index (Phi) is 2.57. The van der Waals surface area contributed by atoms with Gasteiger partial charge in [-0.15, -0.1) is 0 Å². The summed E-state index contributed by atoms with van der Waals surface area (Å²) in [5, 5.41) is 0. The molecular weight excluding hydrogens is 178 g/mol. The molecule has 0 N–H and O–H groups in total. The first-order chi connectivity index (χ1) is 6.83. The van der Waals surface area contributed by atoms with E-state index >= 15 is 0 Å². The highest BCUT2D eigenvalue weighted by Crippen LogP contribution is 2.25. The van der Waals surface area contributed by atoms with Crippen molar-refractivity contribution in [3.8, 4) is 11.6 Å². The Morgan fingerprint density at radius 1 is 1.29 bits per heavy atom. The highest BCUT2D eigenvalue weighted by atomic mass is 16.6. The van der Waals surface area contributed by atoms with Crippen LogP contribution in [0.3, 0.4) is 0 Å². The average Bonchev–Trinajstić information content (AvgIpc) is 2.23. The van der Waals surface area contributed by atoms with Crippen LogP contribution in [-0.2, 0) is 6.54 Å². The van der Waals surface area contributed by atoms with Crippen LogP contribution < -0.4 is 14.0 Å². The first-order valence-electron chi connectivity index (χ1n) is 5.12. The number of hydrogen-bond donors (Lipinski definition) is 0. The molecule has 3 heteroatoms. The van der Waals surface area contributed by atoms with Gasteiger partial charge in [0.15, 0.2) is 12.2 Å². The van der Waals surface area contributed by atoms with Crippen LogP contribution in [0.15, 0.2) is 12.1 Å². The molecule has 1 aliphatic heterocycles. The summed E-state index contributed by atoms with van der Waals surface area (Å²) in [6.45, 7) is 6.55. The molecule has 1 aromatic rings. The first-order valence-corrected chi connectivity index (χ1v) is 5.12. The molecule has 0 bridgehead atoms. The van der Waals surface area contributed by atoms with Crippen LogP contribution in [0.5, 0.6) is 11.6 Å². The van der Waals surface area contributed by atoms with Crippen LogP contribution in [0.1, 0.15) is 19.0 Å². The maximum Gasteiger partial charge on any atom is 0.411 e. The average molecular weight is 194 g/mol. The third-order valence-electron chi connectivity index (χ3n) is 2.38. The molecule has 0 saturated heterocycles. The third kappa shape index (κ3) is 1.54. The fourth-order valence-electron chi connectivity index (χ4n) is 1.70. The molecule has 14 heavy (non-hydrogen) atoms. The van der Waals surface area contributed by atoms with Crippen LogP contribution in [-0.4, -0.2) is 13.2 Å². The molecule has 0 spiro atoms. The molecule has 0 fully saturated rings. The first kappa shape index (κ1) is 9.31. The normalized spacial score (nSPS) is 14.1. The Morgan fingerprint density at radius 3 is 2.86 bits per heavy atom. The summed E-state index contributed by atoms with van der Waals surface area (Å²) >= 11 is 0. The summed E-state index contributed by atoms with van der Waals surface area (Å²) in [5.41, 5.74) is 1.22. The lowest BCUT2D eigenvalue weighted by molar-refractivity contribution is -0.708. The topological polar surface area (TPSA) is 22.3 Å². The zero-order valence-electron chi connectivity index (χ0n) is 8.75. The van der Waals surface area contributed by atoms with Gasteiger partial charge in [0.05, 0.1) is 0 Å². The largest absolute Gasteiger partial charge is 0.481 e. The van der Waals surface area contributed by atoms with Crippen molar-refractivity contribution in [2.45, 2.75) is 26.8 Å². The van der Waals surface area contributed by atoms with Gasteiger partial charge in [0, 0.05) is 19.4 Å². The van der Waals surface area contributed by atoms with Crippen molar-refractivity contribution in [3.05, 3.63) is 17.8 Å². The maximum atomic E-state index is 5.63. The van der Waals surface area contributed by atoms with Crippen LogP contribution in [0.2, 0.25) is 0 Å². The molecule has 0 atom stereocenters. The van der Waals surface area contributed by atoms with E-state index < -0.39 is 0 Å². The van der Waals surface area contributed by atoms with Crippen molar-refractivity contribution in [1.29, 1.82) is 0 Å². The molecule has 76 valence electrons. The zero-order chi connectivity index (χ0) is 9.97. The van der Waals surface area contributed by atoms with E-state index in [0.29, 0.717) is 13.2 Å². The molecule has 2 rings (SSSR count). The fraction of sp³-hybridized carbons (Fsp3) is 0.545. The van der Waals surface area contributed by atoms with E-state index in [0.717, 1.165) is 24.6 Å². The van der Waals surface area contributed by atoms with E-state index in [1.807, 2.05) is 6.07 Å². The van der Waals surface area contributed by atoms with E-state index in [1.165, 1.54) is 5.69 Å². The van der Waals surface area contributed by atoms with Crippen LogP contribution in [0.4, 0.5) is 0 Å². The summed E-state index contributed by atoms with van der Waals surface area (Å²) in [7, 11) is 0. The zero-order valence-corrected chi connectivity index (χ0v) is 8.75. The number of ether oxygens (including phenoxy) is 2. The smallest absolute Gasteiger partial charge is 0.411 e. The predicted octanol–water partition coefficient (Wildman–Crippen LogP) is 1.46. The lowest BCUT2D eigenvalue weighted by Gasteiger charge is -2.16. The minimum atomic E-state index is 0.653. The molecule has 0 unspecified atom stereocenters. The monoisotopic (exact) mass is 194 g/mol. The van der Waals surface area contributed by atoms with E-state index in [1.54, 1.807) is 0 Å². The van der Waals surface area contributed by atoms with Crippen molar-refractivity contribution in [3.63, 3.8) is 0 Å². The molecule has 1 aromatic heterocycles. The maximum absolute atomic E-state index is 5.63. The lowest BCUT2D eigenvalue weighted by atomic mass is 10.3. The molecule has 0 amide bonds. The molecular formula is C11H16NO2+. The van der Waals surface area contributed by atoms with Crippen molar-refractivity contribution in [2.24, 2.45) is 0 Å². The molecule has 3 nitrogen and oxygen atoms in total. The third-order valence-corrected chi connectivity index (χ3v) is 2.38. The number of hydrogen-bond acceptors (Lipinski definition) is 2. The Morgan fingerprint density at radius 2 is 2.07 bits per heavy atom. The number of aromatic nitrogens is 1. The van der Waals surface area contributed by atoms with Crippen molar-refractivity contribution in [2.75, 3.05) is 13.2 Å². The quantitative estimate of drug-likeness (QED) is 0.665. The molecule has 2 heterocycles. The fourth-order valence-corrected chi connectivity index (χ4v) is 1.70. The number of nitrogens with zero attached hydrogens (tertiary/aromatic N) is 1. The minimum Gasteiger partial charge on any atom is -0.481 e. The summed E-state index contributed by atoms with van der Waals surface area (Å²) in [4.78, 5) is 0. The molecule has 0 radical (unpaired) electrons. The molecule has 0 aromatic carbocycles. The lowest BCUT2D eigenvalue weighted by Crippen LogP contribution is -2.41. The van der Waals surface area contributed by atoms with Crippen molar-refractivity contribution < 1.29 is 14.0 Å². The SMILES string of the molecule is CCC[n+]1c(C)ccc2c1OCCO2. The Hall–Kier alpha value is -1.25. The van der Waals surface area contributed by atoms with Crippen LogP contribution >= 0.6 is 0 Å². The van der Waals surface area contributed by atoms with E-state index in [-0.39, 0.29) is 0 Å². The van der Waals surface area contributed by atoms with Gasteiger partial charge in [0.1, 0.15) is 13.2 Å². The second kappa shape index (κ2) is 3.86. The Balaban J connectivity index is 2.43. The van der Waals surface area contributed by atoms with Crippen molar-refractivity contribution >= 4 is 0 Å². The van der Waals surface area contributed by atoms with Gasteiger partial charge in [-0.05, 0) is 6.07 Å². The minimum absolute atomic E-state index is 0.653. The van der Waals surface area contributed by atoms with E-state index in [2.05, 4.69) is 24.5 Å². The molecule has 1 aliphatic rings. The van der Waals surface area contributed by atoms with Gasteiger partial charge in [0.25, 0.3) is 0 Å². The molecule has 0 saturated carbocycles. The standard InChI is InChI=1S/C11H16NO2/c1-3-6-12-9(2)4-5-10-11(12)14-8-7-13-10/h4-5H,3,6-8H2,1-2H3/q+1. The van der Waals surface area contributed by atoms with Gasteiger partial charge in [-0.3, -0.25) is 0 Å². The number of fused-ring (bicyclic) bond motifs is 1. The second-order valence-electron chi connectivity index (χ2n) is 3.49. The van der Waals surface area contributed by atoms with Gasteiger partial charge >= 0.3 is 5.88 Å². The van der Waals surface area contributed by atoms with Crippen LogP contribution in [0.25, 0.3) is 0 Å². The number of rotatable bonds is 2.